The van der Waals surface area contributed by atoms with Gasteiger partial charge < -0.3 is 15.5 Å². The minimum atomic E-state index is 0.267. The summed E-state index contributed by atoms with van der Waals surface area (Å²) < 4.78 is 0. The van der Waals surface area contributed by atoms with Crippen LogP contribution in [0.5, 0.6) is 0 Å². The number of likely N-dealkylation sites (N-methyl/N-ethyl adjacent to an activating group) is 1. The lowest BCUT2D eigenvalue weighted by Gasteiger charge is -2.30. The predicted octanol–water partition coefficient (Wildman–Crippen LogP) is 0.609. The van der Waals surface area contributed by atoms with Gasteiger partial charge >= 0.3 is 0 Å². The molecule has 84 valence electrons. The summed E-state index contributed by atoms with van der Waals surface area (Å²) in [5.41, 5.74) is 6.02. The molecule has 0 unspecified atom stereocenters. The van der Waals surface area contributed by atoms with Crippen LogP contribution < -0.4 is 5.73 Å². The van der Waals surface area contributed by atoms with Gasteiger partial charge in [-0.2, -0.15) is 0 Å². The Balaban J connectivity index is 2.37. The minimum Gasteiger partial charge on any atom is -0.330 e. The third kappa shape index (κ3) is 3.95. The summed E-state index contributed by atoms with van der Waals surface area (Å²) >= 11 is 0. The molecule has 0 aliphatic carbocycles. The van der Waals surface area contributed by atoms with Gasteiger partial charge in [0, 0.05) is 19.6 Å². The molecule has 1 aliphatic heterocycles. The van der Waals surface area contributed by atoms with E-state index >= 15 is 0 Å². The van der Waals surface area contributed by atoms with Gasteiger partial charge in [-0.1, -0.05) is 13.8 Å². The van der Waals surface area contributed by atoms with E-state index in [4.69, 9.17) is 5.73 Å². The molecule has 0 radical (unpaired) electrons. The predicted molar refractivity (Wildman–Crippen MR) is 61.4 cm³/mol. The molecule has 0 saturated carbocycles. The van der Waals surface area contributed by atoms with Crippen molar-refractivity contribution >= 4 is 0 Å². The van der Waals surface area contributed by atoms with E-state index in [1.807, 2.05) is 0 Å². The van der Waals surface area contributed by atoms with Crippen LogP contribution in [0.3, 0.4) is 0 Å². The van der Waals surface area contributed by atoms with Crippen molar-refractivity contribution in [1.82, 2.24) is 9.80 Å². The monoisotopic (exact) mass is 199 g/mol. The Morgan fingerprint density at radius 1 is 1.14 bits per heavy atom. The molecule has 0 atom stereocenters. The molecule has 1 heterocycles. The zero-order valence-electron chi connectivity index (χ0n) is 9.92. The molecule has 1 fully saturated rings. The van der Waals surface area contributed by atoms with E-state index in [0.29, 0.717) is 0 Å². The highest BCUT2D eigenvalue weighted by Crippen LogP contribution is 2.15. The molecule has 1 saturated heterocycles. The maximum atomic E-state index is 5.75. The number of hydrogen-bond acceptors (Lipinski definition) is 3. The minimum absolute atomic E-state index is 0.267. The average Bonchev–Trinajstić information content (AvgIpc) is 2.31. The smallest absolute Gasteiger partial charge is 0.0109 e. The topological polar surface area (TPSA) is 32.5 Å². The fourth-order valence-corrected chi connectivity index (χ4v) is 1.93. The van der Waals surface area contributed by atoms with Crippen LogP contribution in [0.25, 0.3) is 0 Å². The summed E-state index contributed by atoms with van der Waals surface area (Å²) in [6, 6.07) is 0. The average molecular weight is 199 g/mol. The Labute approximate surface area is 88.2 Å². The van der Waals surface area contributed by atoms with Crippen LogP contribution in [0.2, 0.25) is 0 Å². The molecule has 0 aromatic heterocycles. The van der Waals surface area contributed by atoms with E-state index < -0.39 is 0 Å². The summed E-state index contributed by atoms with van der Waals surface area (Å²) in [5.74, 6) is 0. The van der Waals surface area contributed by atoms with Gasteiger partial charge in [-0.25, -0.2) is 0 Å². The zero-order chi connectivity index (χ0) is 10.6. The standard InChI is InChI=1S/C11H25N3/c1-11(2,9-12)10-14-6-4-5-13(3)7-8-14/h4-10,12H2,1-3H3. The fourth-order valence-electron chi connectivity index (χ4n) is 1.93. The highest BCUT2D eigenvalue weighted by molar-refractivity contribution is 4.77. The van der Waals surface area contributed by atoms with Crippen LogP contribution in [0.1, 0.15) is 20.3 Å². The lowest BCUT2D eigenvalue weighted by molar-refractivity contribution is 0.187. The van der Waals surface area contributed by atoms with Crippen molar-refractivity contribution < 1.29 is 0 Å². The summed E-state index contributed by atoms with van der Waals surface area (Å²) in [4.78, 5) is 4.96. The van der Waals surface area contributed by atoms with Crippen LogP contribution in [0.4, 0.5) is 0 Å². The quantitative estimate of drug-likeness (QED) is 0.723. The van der Waals surface area contributed by atoms with Crippen molar-refractivity contribution in [3.8, 4) is 0 Å². The van der Waals surface area contributed by atoms with Crippen LogP contribution >= 0.6 is 0 Å². The van der Waals surface area contributed by atoms with Crippen LogP contribution in [-0.4, -0.2) is 56.1 Å². The van der Waals surface area contributed by atoms with Crippen molar-refractivity contribution in [2.45, 2.75) is 20.3 Å². The second kappa shape index (κ2) is 5.10. The Bertz CT molecular complexity index is 168. The van der Waals surface area contributed by atoms with Gasteiger partial charge in [0.1, 0.15) is 0 Å². The molecule has 0 spiro atoms. The van der Waals surface area contributed by atoms with Gasteiger partial charge in [-0.05, 0) is 38.5 Å². The number of hydrogen-bond donors (Lipinski definition) is 1. The van der Waals surface area contributed by atoms with Gasteiger partial charge in [0.05, 0.1) is 0 Å². The van der Waals surface area contributed by atoms with E-state index in [9.17, 15) is 0 Å². The first-order chi connectivity index (χ1) is 6.53. The van der Waals surface area contributed by atoms with Crippen molar-refractivity contribution in [2.24, 2.45) is 11.1 Å². The zero-order valence-corrected chi connectivity index (χ0v) is 9.92. The third-order valence-electron chi connectivity index (χ3n) is 3.02. The van der Waals surface area contributed by atoms with Crippen molar-refractivity contribution in [3.05, 3.63) is 0 Å². The van der Waals surface area contributed by atoms with E-state index in [1.54, 1.807) is 0 Å². The van der Waals surface area contributed by atoms with Crippen molar-refractivity contribution in [3.63, 3.8) is 0 Å². The molecule has 1 rings (SSSR count). The number of rotatable bonds is 3. The first kappa shape index (κ1) is 12.0. The maximum Gasteiger partial charge on any atom is 0.0109 e. The Hall–Kier alpha value is -0.120. The first-order valence-electron chi connectivity index (χ1n) is 5.64. The van der Waals surface area contributed by atoms with E-state index in [2.05, 4.69) is 30.7 Å². The molecule has 0 amide bonds. The fraction of sp³-hybridized carbons (Fsp3) is 1.00. The molecular weight excluding hydrogens is 174 g/mol. The van der Waals surface area contributed by atoms with E-state index in [-0.39, 0.29) is 5.41 Å². The largest absolute Gasteiger partial charge is 0.330 e. The highest BCUT2D eigenvalue weighted by atomic mass is 15.2. The molecule has 1 aliphatic rings. The maximum absolute atomic E-state index is 5.75. The number of nitrogens with zero attached hydrogens (tertiary/aromatic N) is 2. The lowest BCUT2D eigenvalue weighted by Crippen LogP contribution is -2.40. The summed E-state index contributed by atoms with van der Waals surface area (Å²) in [5, 5.41) is 0. The molecule has 0 aromatic rings. The van der Waals surface area contributed by atoms with Crippen LogP contribution in [0, 0.1) is 5.41 Å². The summed E-state index contributed by atoms with van der Waals surface area (Å²) in [7, 11) is 2.21. The molecular formula is C11H25N3. The lowest BCUT2D eigenvalue weighted by atomic mass is 9.93. The molecule has 14 heavy (non-hydrogen) atoms. The van der Waals surface area contributed by atoms with Gasteiger partial charge in [0.15, 0.2) is 0 Å². The second-order valence-corrected chi connectivity index (χ2v) is 5.30. The molecule has 0 bridgehead atoms. The summed E-state index contributed by atoms with van der Waals surface area (Å²) in [6.45, 7) is 11.3. The normalized spacial score (nSPS) is 22.3. The Morgan fingerprint density at radius 3 is 2.50 bits per heavy atom. The second-order valence-electron chi connectivity index (χ2n) is 5.30. The van der Waals surface area contributed by atoms with Gasteiger partial charge in [-0.15, -0.1) is 0 Å². The number of nitrogens with two attached hydrogens (primary N) is 1. The van der Waals surface area contributed by atoms with Crippen LogP contribution in [-0.2, 0) is 0 Å². The molecule has 2 N–H and O–H groups in total. The first-order valence-corrected chi connectivity index (χ1v) is 5.64. The highest BCUT2D eigenvalue weighted by Gasteiger charge is 2.21. The third-order valence-corrected chi connectivity index (χ3v) is 3.02. The van der Waals surface area contributed by atoms with E-state index in [0.717, 1.165) is 13.1 Å². The van der Waals surface area contributed by atoms with Gasteiger partial charge in [-0.3, -0.25) is 0 Å². The SMILES string of the molecule is CN1CCCN(CC(C)(C)CN)CC1. The summed E-state index contributed by atoms with van der Waals surface area (Å²) in [6.07, 6.45) is 1.29. The molecule has 3 nitrogen and oxygen atoms in total. The van der Waals surface area contributed by atoms with Crippen LogP contribution in [0.15, 0.2) is 0 Å². The van der Waals surface area contributed by atoms with Gasteiger partial charge in [0.2, 0.25) is 0 Å². The van der Waals surface area contributed by atoms with Crippen molar-refractivity contribution in [1.29, 1.82) is 0 Å². The van der Waals surface area contributed by atoms with Crippen molar-refractivity contribution in [2.75, 3.05) is 46.3 Å². The molecule has 0 aromatic carbocycles. The Kier molecular flexibility index (Phi) is 4.35. The van der Waals surface area contributed by atoms with E-state index in [1.165, 1.54) is 32.6 Å². The Morgan fingerprint density at radius 2 is 1.86 bits per heavy atom. The molecule has 3 heteroatoms. The van der Waals surface area contributed by atoms with Gasteiger partial charge in [0.25, 0.3) is 0 Å².